The number of rotatable bonds is 4. The monoisotopic (exact) mass is 235 g/mol. The van der Waals surface area contributed by atoms with Gasteiger partial charge in [0.2, 0.25) is 0 Å². The number of nitrogens with zero attached hydrogens (tertiary/aromatic N) is 3. The van der Waals surface area contributed by atoms with E-state index in [0.717, 1.165) is 0 Å². The van der Waals surface area contributed by atoms with Crippen molar-refractivity contribution in [1.29, 1.82) is 0 Å². The molecule has 0 saturated carbocycles. The van der Waals surface area contributed by atoms with Gasteiger partial charge in [-0.25, -0.2) is 9.78 Å². The average Bonchev–Trinajstić information content (AvgIpc) is 2.73. The minimum absolute atomic E-state index is 0.0361. The van der Waals surface area contributed by atoms with Gasteiger partial charge in [0.15, 0.2) is 12.4 Å². The summed E-state index contributed by atoms with van der Waals surface area (Å²) in [5, 5.41) is 12.3. The minimum atomic E-state index is -1.08. The molecule has 17 heavy (non-hydrogen) atoms. The normalized spacial score (nSPS) is 10.2. The average molecular weight is 235 g/mol. The van der Waals surface area contributed by atoms with Crippen LogP contribution in [0.1, 0.15) is 22.2 Å². The van der Waals surface area contributed by atoms with E-state index in [4.69, 9.17) is 14.4 Å². The van der Waals surface area contributed by atoms with Crippen LogP contribution in [0, 0.1) is 6.92 Å². The van der Waals surface area contributed by atoms with Crippen LogP contribution in [-0.4, -0.2) is 26.2 Å². The zero-order valence-electron chi connectivity index (χ0n) is 8.95. The van der Waals surface area contributed by atoms with Gasteiger partial charge >= 0.3 is 5.97 Å². The molecule has 7 nitrogen and oxygen atoms in total. The van der Waals surface area contributed by atoms with Gasteiger partial charge in [-0.1, -0.05) is 5.16 Å². The molecule has 0 aromatic carbocycles. The molecule has 2 heterocycles. The Morgan fingerprint density at radius 1 is 1.53 bits per heavy atom. The number of carboxylic acids is 1. The molecule has 0 unspecified atom stereocenters. The third kappa shape index (κ3) is 2.77. The first-order chi connectivity index (χ1) is 8.15. The van der Waals surface area contributed by atoms with E-state index in [1.165, 1.54) is 18.3 Å². The van der Waals surface area contributed by atoms with Gasteiger partial charge in [0.1, 0.15) is 11.4 Å². The highest BCUT2D eigenvalue weighted by atomic mass is 16.5. The third-order valence-electron chi connectivity index (χ3n) is 1.89. The molecule has 0 aliphatic carbocycles. The van der Waals surface area contributed by atoms with Gasteiger partial charge in [-0.3, -0.25) is 0 Å². The summed E-state index contributed by atoms with van der Waals surface area (Å²) < 4.78 is 10.1. The zero-order valence-corrected chi connectivity index (χ0v) is 8.95. The quantitative estimate of drug-likeness (QED) is 0.845. The summed E-state index contributed by atoms with van der Waals surface area (Å²) >= 11 is 0. The van der Waals surface area contributed by atoms with E-state index in [9.17, 15) is 4.79 Å². The van der Waals surface area contributed by atoms with Crippen LogP contribution in [0.5, 0.6) is 5.75 Å². The van der Waals surface area contributed by atoms with Crippen molar-refractivity contribution in [2.24, 2.45) is 0 Å². The van der Waals surface area contributed by atoms with Crippen LogP contribution in [0.3, 0.4) is 0 Å². The molecular weight excluding hydrogens is 226 g/mol. The number of aryl methyl sites for hydroxylation is 1. The van der Waals surface area contributed by atoms with Crippen LogP contribution >= 0.6 is 0 Å². The molecule has 7 heteroatoms. The summed E-state index contributed by atoms with van der Waals surface area (Å²) in [5.74, 6) is 0.239. The highest BCUT2D eigenvalue weighted by Crippen LogP contribution is 2.11. The number of ether oxygens (including phenoxy) is 1. The van der Waals surface area contributed by atoms with Crippen molar-refractivity contribution in [3.8, 4) is 5.75 Å². The lowest BCUT2D eigenvalue weighted by Crippen LogP contribution is -2.01. The number of hydrogen-bond acceptors (Lipinski definition) is 6. The van der Waals surface area contributed by atoms with Crippen molar-refractivity contribution in [3.63, 3.8) is 0 Å². The van der Waals surface area contributed by atoms with E-state index >= 15 is 0 Å². The Bertz CT molecular complexity index is 521. The summed E-state index contributed by atoms with van der Waals surface area (Å²) in [5.41, 5.74) is -0.0361. The molecule has 0 fully saturated rings. The van der Waals surface area contributed by atoms with Crippen LogP contribution in [-0.2, 0) is 6.61 Å². The Kier molecular flexibility index (Phi) is 2.99. The van der Waals surface area contributed by atoms with Gasteiger partial charge in [0.05, 0.1) is 6.20 Å². The smallest absolute Gasteiger partial charge is 0.354 e. The first kappa shape index (κ1) is 11.1. The van der Waals surface area contributed by atoms with E-state index in [1.807, 2.05) is 0 Å². The summed E-state index contributed by atoms with van der Waals surface area (Å²) in [6, 6.07) is 2.87. The van der Waals surface area contributed by atoms with Crippen LogP contribution in [0.15, 0.2) is 22.9 Å². The highest BCUT2D eigenvalue weighted by Gasteiger charge is 2.06. The summed E-state index contributed by atoms with van der Waals surface area (Å²) in [7, 11) is 0. The number of carboxylic acid groups (broad SMARTS) is 1. The van der Waals surface area contributed by atoms with Crippen molar-refractivity contribution in [3.05, 3.63) is 35.7 Å². The second-order valence-corrected chi connectivity index (χ2v) is 3.21. The van der Waals surface area contributed by atoms with Crippen molar-refractivity contribution in [2.75, 3.05) is 0 Å². The zero-order chi connectivity index (χ0) is 12.3. The highest BCUT2D eigenvalue weighted by molar-refractivity contribution is 5.85. The lowest BCUT2D eigenvalue weighted by molar-refractivity contribution is 0.0690. The van der Waals surface area contributed by atoms with Gasteiger partial charge in [-0.2, -0.15) is 4.98 Å². The Morgan fingerprint density at radius 2 is 2.35 bits per heavy atom. The van der Waals surface area contributed by atoms with Crippen molar-refractivity contribution >= 4 is 5.97 Å². The van der Waals surface area contributed by atoms with E-state index in [2.05, 4.69) is 15.1 Å². The number of aromatic carboxylic acids is 1. The van der Waals surface area contributed by atoms with Gasteiger partial charge in [-0.15, -0.1) is 0 Å². The number of carbonyl (C=O) groups is 1. The molecular formula is C10H9N3O4. The van der Waals surface area contributed by atoms with E-state index in [1.54, 1.807) is 6.92 Å². The van der Waals surface area contributed by atoms with E-state index < -0.39 is 5.97 Å². The predicted octanol–water partition coefficient (Wildman–Crippen LogP) is 1.05. The molecule has 2 aromatic heterocycles. The SMILES string of the molecule is Cc1noc(COc2ccc(C(=O)O)nc2)n1. The first-order valence-corrected chi connectivity index (χ1v) is 4.76. The molecule has 0 bridgehead atoms. The molecule has 0 saturated heterocycles. The van der Waals surface area contributed by atoms with Crippen LogP contribution in [0.25, 0.3) is 0 Å². The maximum absolute atomic E-state index is 10.6. The molecule has 0 aliphatic rings. The molecule has 0 atom stereocenters. The molecule has 2 rings (SSSR count). The Morgan fingerprint density at radius 3 is 2.88 bits per heavy atom. The topological polar surface area (TPSA) is 98.3 Å². The lowest BCUT2D eigenvalue weighted by Gasteiger charge is -2.02. The minimum Gasteiger partial charge on any atom is -0.482 e. The molecule has 0 aliphatic heterocycles. The predicted molar refractivity (Wildman–Crippen MR) is 54.6 cm³/mol. The largest absolute Gasteiger partial charge is 0.482 e. The Labute approximate surface area is 96.1 Å². The molecule has 0 spiro atoms. The van der Waals surface area contributed by atoms with Gasteiger partial charge in [-0.05, 0) is 19.1 Å². The van der Waals surface area contributed by atoms with Crippen LogP contribution in [0.4, 0.5) is 0 Å². The standard InChI is InChI=1S/C10H9N3O4/c1-6-12-9(17-13-6)5-16-7-2-3-8(10(14)15)11-4-7/h2-4H,5H2,1H3,(H,14,15). The molecule has 2 aromatic rings. The fraction of sp³-hybridized carbons (Fsp3) is 0.200. The van der Waals surface area contributed by atoms with Crippen molar-refractivity contribution in [2.45, 2.75) is 13.5 Å². The summed E-state index contributed by atoms with van der Waals surface area (Å²) in [6.07, 6.45) is 1.33. The van der Waals surface area contributed by atoms with Gasteiger partial charge in [0.25, 0.3) is 5.89 Å². The molecule has 88 valence electrons. The molecule has 1 N–H and O–H groups in total. The second-order valence-electron chi connectivity index (χ2n) is 3.21. The van der Waals surface area contributed by atoms with Gasteiger partial charge in [0, 0.05) is 0 Å². The molecule has 0 amide bonds. The maximum Gasteiger partial charge on any atom is 0.354 e. The number of pyridine rings is 1. The first-order valence-electron chi connectivity index (χ1n) is 4.76. The van der Waals surface area contributed by atoms with Crippen LogP contribution in [0.2, 0.25) is 0 Å². The van der Waals surface area contributed by atoms with E-state index in [0.29, 0.717) is 17.5 Å². The summed E-state index contributed by atoms with van der Waals surface area (Å²) in [4.78, 5) is 18.2. The van der Waals surface area contributed by atoms with Crippen molar-refractivity contribution < 1.29 is 19.2 Å². The van der Waals surface area contributed by atoms with E-state index in [-0.39, 0.29) is 12.3 Å². The van der Waals surface area contributed by atoms with Gasteiger partial charge < -0.3 is 14.4 Å². The third-order valence-corrected chi connectivity index (χ3v) is 1.89. The van der Waals surface area contributed by atoms with Crippen LogP contribution < -0.4 is 4.74 Å². The summed E-state index contributed by atoms with van der Waals surface area (Å²) in [6.45, 7) is 1.82. The Hall–Kier alpha value is -2.44. The fourth-order valence-electron chi connectivity index (χ4n) is 1.14. The lowest BCUT2D eigenvalue weighted by atomic mass is 10.3. The fourth-order valence-corrected chi connectivity index (χ4v) is 1.14. The Balaban J connectivity index is 1.97. The second kappa shape index (κ2) is 4.60. The number of hydrogen-bond donors (Lipinski definition) is 1. The number of aromatic nitrogens is 3. The maximum atomic E-state index is 10.6. The van der Waals surface area contributed by atoms with Crippen molar-refractivity contribution in [1.82, 2.24) is 15.1 Å². The molecule has 0 radical (unpaired) electrons.